The van der Waals surface area contributed by atoms with Gasteiger partial charge in [0.05, 0.1) is 6.61 Å². The number of carboxylic acid groups (broad SMARTS) is 1. The second kappa shape index (κ2) is 12.0. The molecule has 3 aromatic carbocycles. The van der Waals surface area contributed by atoms with Gasteiger partial charge in [0, 0.05) is 23.7 Å². The Morgan fingerprint density at radius 2 is 1.86 bits per heavy atom. The van der Waals surface area contributed by atoms with Crippen LogP contribution in [0.4, 0.5) is 0 Å². The third-order valence-electron chi connectivity index (χ3n) is 6.62. The Morgan fingerprint density at radius 3 is 2.64 bits per heavy atom. The number of benzene rings is 3. The number of carbonyl (C=O) groups excluding carboxylic acids is 1. The number of ether oxygens (including phenoxy) is 2. The fourth-order valence-electron chi connectivity index (χ4n) is 4.96. The van der Waals surface area contributed by atoms with Gasteiger partial charge in [0.15, 0.2) is 0 Å². The Balaban J connectivity index is 0.00000304. The first-order valence-electron chi connectivity index (χ1n) is 12.4. The van der Waals surface area contributed by atoms with E-state index in [0.29, 0.717) is 19.4 Å². The van der Waals surface area contributed by atoms with Gasteiger partial charge in [-0.2, -0.15) is 0 Å². The van der Waals surface area contributed by atoms with Crippen molar-refractivity contribution in [3.05, 3.63) is 89.2 Å². The smallest absolute Gasteiger partial charge is 0.549 e. The molecule has 0 saturated carbocycles. The van der Waals surface area contributed by atoms with E-state index in [1.165, 1.54) is 0 Å². The van der Waals surface area contributed by atoms with Crippen LogP contribution in [0, 0.1) is 0 Å². The predicted molar refractivity (Wildman–Crippen MR) is 133 cm³/mol. The van der Waals surface area contributed by atoms with E-state index >= 15 is 0 Å². The number of carbonyl (C=O) groups is 1. The summed E-state index contributed by atoms with van der Waals surface area (Å²) in [4.78, 5) is 11.6. The number of furan rings is 1. The summed E-state index contributed by atoms with van der Waals surface area (Å²) < 4.78 is 18.2. The first-order valence-corrected chi connectivity index (χ1v) is 12.4. The van der Waals surface area contributed by atoms with Gasteiger partial charge in [0.1, 0.15) is 28.6 Å². The van der Waals surface area contributed by atoms with Crippen LogP contribution in [0.5, 0.6) is 17.2 Å². The van der Waals surface area contributed by atoms with Gasteiger partial charge in [-0.15, -0.1) is 0 Å². The second-order valence-corrected chi connectivity index (χ2v) is 9.05. The first kappa shape index (κ1) is 26.3. The molecule has 0 aliphatic heterocycles. The summed E-state index contributed by atoms with van der Waals surface area (Å²) >= 11 is 0. The number of fused-ring (bicyclic) bond motifs is 3. The number of carboxylic acids is 1. The van der Waals surface area contributed by atoms with Crippen LogP contribution in [0.3, 0.4) is 0 Å². The molecule has 1 aromatic heterocycles. The van der Waals surface area contributed by atoms with Crippen LogP contribution in [0.1, 0.15) is 54.6 Å². The summed E-state index contributed by atoms with van der Waals surface area (Å²) in [5.74, 6) is 1.77. The molecular weight excluding hydrogens is 463 g/mol. The zero-order valence-corrected chi connectivity index (χ0v) is 22.9. The molecular formula is C30H29NaO5. The largest absolute Gasteiger partial charge is 1.00 e. The number of aryl methyl sites for hydroxylation is 2. The maximum Gasteiger partial charge on any atom is 1.00 e. The third kappa shape index (κ3) is 5.80. The SMILES string of the molecule is CCCc1cc(Oc2ccccc2)ccc1OCCc1cc2c3c(ccc2o1)C(C(=O)[O-])CCC3.[Na+]. The van der Waals surface area contributed by atoms with E-state index < -0.39 is 11.9 Å². The standard InChI is InChI=1S/C30H30O5.Na/c1-2-7-20-18-22(34-21-8-4-3-5-9-21)12-14-28(20)33-17-16-23-19-27-24-10-6-11-26(30(31)32)25(24)13-15-29(27)35-23;/h3-5,8-9,12-15,18-19,26H,2,6-7,10-11,16-17H2,1H3,(H,31,32);/q;+1/p-1. The molecule has 36 heavy (non-hydrogen) atoms. The summed E-state index contributed by atoms with van der Waals surface area (Å²) in [5, 5.41) is 12.6. The summed E-state index contributed by atoms with van der Waals surface area (Å²) in [6.07, 6.45) is 4.88. The molecule has 1 aliphatic carbocycles. The van der Waals surface area contributed by atoms with Crippen molar-refractivity contribution in [2.45, 2.75) is 51.4 Å². The Kier molecular flexibility index (Phi) is 8.78. The average Bonchev–Trinajstić information content (AvgIpc) is 3.29. The van der Waals surface area contributed by atoms with E-state index in [2.05, 4.69) is 6.92 Å². The molecule has 0 N–H and O–H groups in total. The van der Waals surface area contributed by atoms with Crippen molar-refractivity contribution < 1.29 is 53.3 Å². The fraction of sp³-hybridized carbons (Fsp3) is 0.300. The molecule has 0 bridgehead atoms. The van der Waals surface area contributed by atoms with Crippen LogP contribution < -0.4 is 44.1 Å². The van der Waals surface area contributed by atoms with Gasteiger partial charge in [0.25, 0.3) is 0 Å². The van der Waals surface area contributed by atoms with Crippen LogP contribution in [-0.4, -0.2) is 12.6 Å². The average molecular weight is 493 g/mol. The van der Waals surface area contributed by atoms with Crippen LogP contribution in [0.2, 0.25) is 0 Å². The minimum Gasteiger partial charge on any atom is -0.549 e. The molecule has 1 unspecified atom stereocenters. The van der Waals surface area contributed by atoms with Crippen LogP contribution >= 0.6 is 0 Å². The van der Waals surface area contributed by atoms with E-state index in [9.17, 15) is 9.90 Å². The second-order valence-electron chi connectivity index (χ2n) is 9.05. The summed E-state index contributed by atoms with van der Waals surface area (Å²) in [7, 11) is 0. The topological polar surface area (TPSA) is 71.7 Å². The molecule has 0 radical (unpaired) electrons. The van der Waals surface area contributed by atoms with Gasteiger partial charge in [-0.25, -0.2) is 0 Å². The van der Waals surface area contributed by atoms with Gasteiger partial charge in [-0.3, -0.25) is 0 Å². The van der Waals surface area contributed by atoms with Crippen LogP contribution in [0.25, 0.3) is 11.0 Å². The molecule has 180 valence electrons. The minimum atomic E-state index is -0.995. The first-order chi connectivity index (χ1) is 17.1. The van der Waals surface area contributed by atoms with Crippen LogP contribution in [0.15, 0.2) is 71.1 Å². The maximum absolute atomic E-state index is 11.6. The Hall–Kier alpha value is -2.73. The number of para-hydroxylation sites is 1. The van der Waals surface area contributed by atoms with Crippen molar-refractivity contribution in [1.29, 1.82) is 0 Å². The Bertz CT molecular complexity index is 1330. The molecule has 5 rings (SSSR count). The third-order valence-corrected chi connectivity index (χ3v) is 6.62. The van der Waals surface area contributed by atoms with Gasteiger partial charge < -0.3 is 23.8 Å². The van der Waals surface area contributed by atoms with Crippen molar-refractivity contribution in [2.75, 3.05) is 6.61 Å². The van der Waals surface area contributed by atoms with Gasteiger partial charge in [0.2, 0.25) is 0 Å². The van der Waals surface area contributed by atoms with Gasteiger partial charge >= 0.3 is 29.6 Å². The monoisotopic (exact) mass is 492 g/mol. The fourth-order valence-corrected chi connectivity index (χ4v) is 4.96. The normalized spacial score (nSPS) is 14.6. The molecule has 1 heterocycles. The van der Waals surface area contributed by atoms with Crippen molar-refractivity contribution in [2.24, 2.45) is 0 Å². The van der Waals surface area contributed by atoms with E-state index in [0.717, 1.165) is 76.4 Å². The summed E-state index contributed by atoms with van der Waals surface area (Å²) in [6.45, 7) is 2.63. The van der Waals surface area contributed by atoms with Crippen molar-refractivity contribution in [1.82, 2.24) is 0 Å². The maximum atomic E-state index is 11.6. The van der Waals surface area contributed by atoms with E-state index in [4.69, 9.17) is 13.9 Å². The van der Waals surface area contributed by atoms with E-state index in [-0.39, 0.29) is 29.6 Å². The molecule has 0 fully saturated rings. The zero-order valence-electron chi connectivity index (χ0n) is 20.9. The quantitative estimate of drug-likeness (QED) is 0.336. The zero-order chi connectivity index (χ0) is 24.2. The number of aliphatic carboxylic acids is 1. The number of hydrogen-bond acceptors (Lipinski definition) is 5. The van der Waals surface area contributed by atoms with Crippen LogP contribution in [-0.2, 0) is 24.1 Å². The number of rotatable bonds is 9. The van der Waals surface area contributed by atoms with Crippen molar-refractivity contribution in [3.8, 4) is 17.2 Å². The van der Waals surface area contributed by atoms with Gasteiger partial charge in [-0.05, 0) is 84.8 Å². The predicted octanol–water partition coefficient (Wildman–Crippen LogP) is 2.97. The molecule has 0 saturated heterocycles. The Morgan fingerprint density at radius 1 is 1.03 bits per heavy atom. The summed E-state index contributed by atoms with van der Waals surface area (Å²) in [6, 6.07) is 21.5. The molecule has 4 aromatic rings. The minimum absolute atomic E-state index is 0. The molecule has 0 spiro atoms. The summed E-state index contributed by atoms with van der Waals surface area (Å²) in [5.41, 5.74) is 3.87. The molecule has 5 nitrogen and oxygen atoms in total. The number of hydrogen-bond donors (Lipinski definition) is 0. The van der Waals surface area contributed by atoms with Crippen molar-refractivity contribution in [3.63, 3.8) is 0 Å². The Labute approximate surface area is 233 Å². The van der Waals surface area contributed by atoms with E-state index in [1.807, 2.05) is 66.7 Å². The molecule has 0 amide bonds. The van der Waals surface area contributed by atoms with E-state index in [1.54, 1.807) is 0 Å². The molecule has 1 aliphatic rings. The molecule has 6 heteroatoms. The van der Waals surface area contributed by atoms with Crippen molar-refractivity contribution >= 4 is 16.9 Å². The van der Waals surface area contributed by atoms with Gasteiger partial charge in [-0.1, -0.05) is 37.6 Å². The molecule has 1 atom stereocenters.